The van der Waals surface area contributed by atoms with Gasteiger partial charge in [0.05, 0.1) is 12.9 Å². The Morgan fingerprint density at radius 2 is 2.58 bits per heavy atom. The average Bonchev–Trinajstić information content (AvgIpc) is 2.15. The molecule has 4 nitrogen and oxygen atoms in total. The van der Waals surface area contributed by atoms with Gasteiger partial charge >= 0.3 is 0 Å². The van der Waals surface area contributed by atoms with Crippen LogP contribution in [0.2, 0.25) is 0 Å². The van der Waals surface area contributed by atoms with Crippen LogP contribution in [-0.2, 0) is 9.53 Å². The summed E-state index contributed by atoms with van der Waals surface area (Å²) in [6.45, 7) is 0. The molecule has 2 rings (SSSR count). The molecular formula is C7H10N2O2S. The van der Waals surface area contributed by atoms with Crippen molar-refractivity contribution in [2.75, 3.05) is 12.9 Å². The Kier molecular flexibility index (Phi) is 1.77. The van der Waals surface area contributed by atoms with Crippen molar-refractivity contribution in [2.24, 2.45) is 5.73 Å². The Balaban J connectivity index is 2.15. The first-order chi connectivity index (χ1) is 5.74. The Morgan fingerprint density at radius 1 is 1.83 bits per heavy atom. The molecule has 2 heterocycles. The van der Waals surface area contributed by atoms with E-state index in [1.807, 2.05) is 0 Å². The van der Waals surface area contributed by atoms with Gasteiger partial charge in [-0.25, -0.2) is 0 Å². The van der Waals surface area contributed by atoms with Gasteiger partial charge in [0.25, 0.3) is 0 Å². The van der Waals surface area contributed by atoms with Gasteiger partial charge in [-0.3, -0.25) is 9.69 Å². The van der Waals surface area contributed by atoms with Crippen molar-refractivity contribution in [3.05, 3.63) is 12.0 Å². The van der Waals surface area contributed by atoms with Gasteiger partial charge in [-0.2, -0.15) is 0 Å². The predicted octanol–water partition coefficient (Wildman–Crippen LogP) is -0.283. The van der Waals surface area contributed by atoms with Crippen LogP contribution < -0.4 is 5.73 Å². The molecule has 2 aliphatic rings. The third kappa shape index (κ3) is 0.931. The van der Waals surface area contributed by atoms with E-state index in [2.05, 4.69) is 0 Å². The molecule has 2 N–H and O–H groups in total. The monoisotopic (exact) mass is 186 g/mol. The number of carbonyl (C=O) groups excluding carboxylic acids is 1. The van der Waals surface area contributed by atoms with Crippen LogP contribution in [-0.4, -0.2) is 35.1 Å². The lowest BCUT2D eigenvalue weighted by Gasteiger charge is -2.45. The molecule has 2 atom stereocenters. The number of thioether (sulfide) groups is 1. The number of amides is 1. The van der Waals surface area contributed by atoms with E-state index in [0.717, 1.165) is 11.5 Å². The number of hydrogen-bond acceptors (Lipinski definition) is 4. The van der Waals surface area contributed by atoms with Crippen molar-refractivity contribution >= 4 is 17.7 Å². The maximum Gasteiger partial charge on any atom is 0.247 e. The number of nitrogens with zero attached hydrogens (tertiary/aromatic N) is 1. The van der Waals surface area contributed by atoms with Gasteiger partial charge in [0.15, 0.2) is 0 Å². The molecule has 0 aromatic carbocycles. The molecule has 1 unspecified atom stereocenters. The van der Waals surface area contributed by atoms with Gasteiger partial charge in [0, 0.05) is 6.20 Å². The van der Waals surface area contributed by atoms with E-state index in [-0.39, 0.29) is 17.3 Å². The lowest BCUT2D eigenvalue weighted by Crippen LogP contribution is -2.66. The van der Waals surface area contributed by atoms with Crippen LogP contribution in [0, 0.1) is 0 Å². The van der Waals surface area contributed by atoms with Gasteiger partial charge in [-0.15, -0.1) is 11.8 Å². The highest BCUT2D eigenvalue weighted by Crippen LogP contribution is 2.34. The second-order valence-electron chi connectivity index (χ2n) is 2.77. The Hall–Kier alpha value is -0.680. The molecule has 2 aliphatic heterocycles. The highest BCUT2D eigenvalue weighted by atomic mass is 32.2. The van der Waals surface area contributed by atoms with Crippen molar-refractivity contribution in [3.63, 3.8) is 0 Å². The summed E-state index contributed by atoms with van der Waals surface area (Å²) in [5, 5.41) is 0.136. The van der Waals surface area contributed by atoms with E-state index in [1.54, 1.807) is 30.0 Å². The minimum Gasteiger partial charge on any atom is -0.499 e. The lowest BCUT2D eigenvalue weighted by atomic mass is 10.1. The molecule has 0 bridgehead atoms. The molecule has 0 aromatic heterocycles. The first-order valence-electron chi connectivity index (χ1n) is 3.68. The maximum absolute atomic E-state index is 11.1. The molecule has 12 heavy (non-hydrogen) atoms. The zero-order valence-corrected chi connectivity index (χ0v) is 7.50. The number of fused-ring (bicyclic) bond motifs is 1. The van der Waals surface area contributed by atoms with Crippen LogP contribution in [0.3, 0.4) is 0 Å². The SMILES string of the molecule is COC1=CN2C(=O)C(N)[C@H]2SC1. The fourth-order valence-corrected chi connectivity index (χ4v) is 2.48. The minimum atomic E-state index is -0.315. The highest BCUT2D eigenvalue weighted by Gasteiger charge is 2.46. The number of nitrogens with two attached hydrogens (primary N) is 1. The Bertz CT molecular complexity index is 254. The predicted molar refractivity (Wildman–Crippen MR) is 46.2 cm³/mol. The van der Waals surface area contributed by atoms with Crippen molar-refractivity contribution in [2.45, 2.75) is 11.4 Å². The number of carbonyl (C=O) groups is 1. The molecular weight excluding hydrogens is 176 g/mol. The zero-order chi connectivity index (χ0) is 8.72. The van der Waals surface area contributed by atoms with Gasteiger partial charge in [0.2, 0.25) is 5.91 Å². The smallest absolute Gasteiger partial charge is 0.247 e. The standard InChI is InChI=1S/C7H10N2O2S/c1-11-4-2-9-6(10)5(8)7(9)12-3-4/h2,5,7H,3,8H2,1H3/t5?,7-/m1/s1. The number of methoxy groups -OCH3 is 1. The van der Waals surface area contributed by atoms with Gasteiger partial charge in [0.1, 0.15) is 17.2 Å². The molecule has 66 valence electrons. The quantitative estimate of drug-likeness (QED) is 0.572. The van der Waals surface area contributed by atoms with Crippen LogP contribution in [0.15, 0.2) is 12.0 Å². The summed E-state index contributed by atoms with van der Waals surface area (Å²) >= 11 is 1.64. The minimum absolute atomic E-state index is 0.0123. The van der Waals surface area contributed by atoms with E-state index in [4.69, 9.17) is 10.5 Å². The number of rotatable bonds is 1. The van der Waals surface area contributed by atoms with E-state index in [9.17, 15) is 4.79 Å². The third-order valence-corrected chi connectivity index (χ3v) is 3.38. The zero-order valence-electron chi connectivity index (χ0n) is 6.69. The summed E-state index contributed by atoms with van der Waals surface area (Å²) in [7, 11) is 1.61. The molecule has 1 fully saturated rings. The van der Waals surface area contributed by atoms with Crippen LogP contribution >= 0.6 is 11.8 Å². The summed E-state index contributed by atoms with van der Waals surface area (Å²) in [6, 6.07) is -0.315. The van der Waals surface area contributed by atoms with Crippen molar-refractivity contribution < 1.29 is 9.53 Å². The second-order valence-corrected chi connectivity index (χ2v) is 3.88. The summed E-state index contributed by atoms with van der Waals surface area (Å²) in [4.78, 5) is 12.8. The molecule has 0 aliphatic carbocycles. The van der Waals surface area contributed by atoms with Crippen molar-refractivity contribution in [1.82, 2.24) is 4.90 Å². The van der Waals surface area contributed by atoms with Crippen molar-refractivity contribution in [1.29, 1.82) is 0 Å². The maximum atomic E-state index is 11.1. The Labute approximate surface area is 74.7 Å². The molecule has 5 heteroatoms. The molecule has 1 saturated heterocycles. The average molecular weight is 186 g/mol. The lowest BCUT2D eigenvalue weighted by molar-refractivity contribution is -0.140. The van der Waals surface area contributed by atoms with Gasteiger partial charge in [-0.1, -0.05) is 0 Å². The van der Waals surface area contributed by atoms with Gasteiger partial charge in [-0.05, 0) is 0 Å². The number of hydrogen-bond donors (Lipinski definition) is 1. The normalized spacial score (nSPS) is 33.7. The summed E-state index contributed by atoms with van der Waals surface area (Å²) in [5.74, 6) is 1.62. The van der Waals surface area contributed by atoms with Crippen molar-refractivity contribution in [3.8, 4) is 0 Å². The largest absolute Gasteiger partial charge is 0.499 e. The summed E-state index contributed by atoms with van der Waals surface area (Å²) < 4.78 is 5.03. The number of β-lactam (4-membered cyclic amide) rings is 1. The Morgan fingerprint density at radius 3 is 3.25 bits per heavy atom. The second kappa shape index (κ2) is 2.67. The molecule has 0 saturated carbocycles. The molecule has 0 radical (unpaired) electrons. The molecule has 0 aromatic rings. The summed E-state index contributed by atoms with van der Waals surface area (Å²) in [6.07, 6.45) is 1.74. The van der Waals surface area contributed by atoms with Crippen LogP contribution in [0.4, 0.5) is 0 Å². The first kappa shape index (κ1) is 7.94. The fraction of sp³-hybridized carbons (Fsp3) is 0.571. The van der Waals surface area contributed by atoms with E-state index >= 15 is 0 Å². The highest BCUT2D eigenvalue weighted by molar-refractivity contribution is 8.00. The van der Waals surface area contributed by atoms with Crippen LogP contribution in [0.5, 0.6) is 0 Å². The first-order valence-corrected chi connectivity index (χ1v) is 4.73. The summed E-state index contributed by atoms with van der Waals surface area (Å²) in [5.41, 5.74) is 5.58. The van der Waals surface area contributed by atoms with Gasteiger partial charge < -0.3 is 10.5 Å². The van der Waals surface area contributed by atoms with E-state index in [0.29, 0.717) is 0 Å². The fourth-order valence-electron chi connectivity index (χ4n) is 1.30. The van der Waals surface area contributed by atoms with Crippen LogP contribution in [0.25, 0.3) is 0 Å². The molecule has 0 spiro atoms. The number of ether oxygens (including phenoxy) is 1. The van der Waals surface area contributed by atoms with Crippen LogP contribution in [0.1, 0.15) is 0 Å². The van der Waals surface area contributed by atoms with E-state index in [1.165, 1.54) is 0 Å². The van der Waals surface area contributed by atoms with E-state index < -0.39 is 0 Å². The third-order valence-electron chi connectivity index (χ3n) is 2.06. The molecule has 1 amide bonds. The topological polar surface area (TPSA) is 55.6 Å².